The Labute approximate surface area is 169 Å². The first-order chi connectivity index (χ1) is 14.0. The number of aromatic nitrogens is 1. The van der Waals surface area contributed by atoms with E-state index in [9.17, 15) is 14.0 Å². The zero-order valence-corrected chi connectivity index (χ0v) is 16.5. The van der Waals surface area contributed by atoms with Crippen LogP contribution in [-0.2, 0) is 17.8 Å². The number of hydrogen-bond acceptors (Lipinski definition) is 4. The molecular formula is C22H25FN4O2. The Morgan fingerprint density at radius 3 is 2.55 bits per heavy atom. The summed E-state index contributed by atoms with van der Waals surface area (Å²) in [5.41, 5.74) is 1.35. The summed E-state index contributed by atoms with van der Waals surface area (Å²) in [6.07, 6.45) is 1.64. The van der Waals surface area contributed by atoms with Gasteiger partial charge in [-0.25, -0.2) is 9.18 Å². The summed E-state index contributed by atoms with van der Waals surface area (Å²) in [5.74, 6) is -0.774. The van der Waals surface area contributed by atoms with Crippen LogP contribution >= 0.6 is 0 Å². The van der Waals surface area contributed by atoms with E-state index in [2.05, 4.69) is 20.5 Å². The minimum absolute atomic E-state index is 0.0599. The van der Waals surface area contributed by atoms with Gasteiger partial charge >= 0.3 is 6.03 Å². The van der Waals surface area contributed by atoms with Crippen LogP contribution < -0.4 is 10.6 Å². The minimum Gasteiger partial charge on any atom is -0.323 e. The highest BCUT2D eigenvalue weighted by atomic mass is 19.1. The van der Waals surface area contributed by atoms with Gasteiger partial charge < -0.3 is 5.32 Å². The van der Waals surface area contributed by atoms with Crippen LogP contribution in [0.15, 0.2) is 42.5 Å². The number of hydrogen-bond donors (Lipinski definition) is 2. The molecule has 1 aromatic heterocycles. The maximum atomic E-state index is 14.3. The number of urea groups is 1. The van der Waals surface area contributed by atoms with Crippen LogP contribution in [0.5, 0.6) is 0 Å². The van der Waals surface area contributed by atoms with Gasteiger partial charge in [0.25, 0.3) is 5.91 Å². The molecule has 4 rings (SSSR count). The van der Waals surface area contributed by atoms with Crippen LogP contribution in [0.2, 0.25) is 0 Å². The summed E-state index contributed by atoms with van der Waals surface area (Å²) in [6.45, 7) is 4.32. The summed E-state index contributed by atoms with van der Waals surface area (Å²) in [4.78, 5) is 31.6. The number of aryl methyl sites for hydroxylation is 1. The number of halogens is 1. The van der Waals surface area contributed by atoms with Crippen LogP contribution in [-0.4, -0.2) is 40.5 Å². The summed E-state index contributed by atoms with van der Waals surface area (Å²) in [6, 6.07) is 11.9. The van der Waals surface area contributed by atoms with Crippen molar-refractivity contribution in [3.8, 4) is 0 Å². The highest BCUT2D eigenvalue weighted by Gasteiger charge is 2.52. The number of rotatable bonds is 5. The van der Waals surface area contributed by atoms with E-state index in [0.29, 0.717) is 5.56 Å². The molecule has 1 atom stereocenters. The molecule has 0 bridgehead atoms. The predicted octanol–water partition coefficient (Wildman–Crippen LogP) is 2.56. The Hall–Kier alpha value is -2.80. The molecule has 3 heterocycles. The predicted molar refractivity (Wildman–Crippen MR) is 106 cm³/mol. The highest BCUT2D eigenvalue weighted by Crippen LogP contribution is 2.34. The molecule has 152 valence electrons. The van der Waals surface area contributed by atoms with E-state index in [4.69, 9.17) is 0 Å². The van der Waals surface area contributed by atoms with Gasteiger partial charge in [0.2, 0.25) is 0 Å². The molecule has 2 saturated heterocycles. The van der Waals surface area contributed by atoms with Crippen molar-refractivity contribution < 1.29 is 14.0 Å². The van der Waals surface area contributed by atoms with Gasteiger partial charge in [0, 0.05) is 18.7 Å². The SMILES string of the molecule is Cc1cccc(CN2CCC(C3(Cc4ccccc4F)NC(=O)NC3=O)CC2)n1. The van der Waals surface area contributed by atoms with E-state index >= 15 is 0 Å². The quantitative estimate of drug-likeness (QED) is 0.762. The number of carbonyl (C=O) groups excluding carboxylic acids is 2. The lowest BCUT2D eigenvalue weighted by Gasteiger charge is -2.40. The van der Waals surface area contributed by atoms with Gasteiger partial charge in [-0.15, -0.1) is 0 Å². The number of likely N-dealkylation sites (tertiary alicyclic amines) is 1. The number of benzene rings is 1. The number of nitrogens with zero attached hydrogens (tertiary/aromatic N) is 2. The fraction of sp³-hybridized carbons (Fsp3) is 0.409. The van der Waals surface area contributed by atoms with Crippen molar-refractivity contribution in [1.82, 2.24) is 20.5 Å². The second-order valence-electron chi connectivity index (χ2n) is 7.97. The molecule has 1 unspecified atom stereocenters. The third kappa shape index (κ3) is 4.00. The number of piperidine rings is 1. The summed E-state index contributed by atoms with van der Waals surface area (Å²) >= 11 is 0. The van der Waals surface area contributed by atoms with Crippen molar-refractivity contribution in [2.24, 2.45) is 5.92 Å². The van der Waals surface area contributed by atoms with Crippen molar-refractivity contribution in [2.75, 3.05) is 13.1 Å². The van der Waals surface area contributed by atoms with Gasteiger partial charge in [0.05, 0.1) is 5.69 Å². The fourth-order valence-electron chi connectivity index (χ4n) is 4.50. The fourth-order valence-corrected chi connectivity index (χ4v) is 4.50. The Balaban J connectivity index is 1.49. The molecule has 2 aromatic rings. The average molecular weight is 396 g/mol. The number of amides is 3. The number of pyridine rings is 1. The molecule has 6 nitrogen and oxygen atoms in total. The molecule has 2 N–H and O–H groups in total. The molecule has 0 spiro atoms. The van der Waals surface area contributed by atoms with Gasteiger partial charge in [-0.1, -0.05) is 24.3 Å². The maximum Gasteiger partial charge on any atom is 0.322 e. The summed E-state index contributed by atoms with van der Waals surface area (Å²) in [7, 11) is 0. The van der Waals surface area contributed by atoms with Crippen LogP contribution in [0.4, 0.5) is 9.18 Å². The van der Waals surface area contributed by atoms with Gasteiger partial charge in [-0.2, -0.15) is 0 Å². The zero-order valence-electron chi connectivity index (χ0n) is 16.5. The molecule has 0 radical (unpaired) electrons. The Morgan fingerprint density at radius 2 is 1.90 bits per heavy atom. The van der Waals surface area contributed by atoms with Crippen LogP contribution in [0.25, 0.3) is 0 Å². The van der Waals surface area contributed by atoms with Crippen LogP contribution in [0.1, 0.15) is 29.8 Å². The average Bonchev–Trinajstić information content (AvgIpc) is 2.98. The standard InChI is InChI=1S/C22H25FN4O2/c1-15-5-4-7-18(24-15)14-27-11-9-17(10-12-27)22(20(28)25-21(29)26-22)13-16-6-2-3-8-19(16)23/h2-8,17H,9-14H2,1H3,(H2,25,26,28,29). The maximum absolute atomic E-state index is 14.3. The Bertz CT molecular complexity index is 927. The normalized spacial score (nSPS) is 23.1. The lowest BCUT2D eigenvalue weighted by Crippen LogP contribution is -2.57. The van der Waals surface area contributed by atoms with Crippen molar-refractivity contribution in [3.63, 3.8) is 0 Å². The molecule has 1 aromatic carbocycles. The highest BCUT2D eigenvalue weighted by molar-refractivity contribution is 6.07. The molecule has 29 heavy (non-hydrogen) atoms. The third-order valence-corrected chi connectivity index (χ3v) is 6.01. The third-order valence-electron chi connectivity index (χ3n) is 6.01. The van der Waals surface area contributed by atoms with E-state index < -0.39 is 11.6 Å². The molecule has 2 aliphatic heterocycles. The van der Waals surface area contributed by atoms with Gasteiger partial charge in [0.1, 0.15) is 11.4 Å². The van der Waals surface area contributed by atoms with Gasteiger partial charge in [0.15, 0.2) is 0 Å². The second-order valence-corrected chi connectivity index (χ2v) is 7.97. The zero-order chi connectivity index (χ0) is 20.4. The van der Waals surface area contributed by atoms with Crippen LogP contribution in [0.3, 0.4) is 0 Å². The number of carbonyl (C=O) groups is 2. The first-order valence-corrected chi connectivity index (χ1v) is 9.98. The monoisotopic (exact) mass is 396 g/mol. The molecule has 2 aliphatic rings. The van der Waals surface area contributed by atoms with E-state index in [1.54, 1.807) is 18.2 Å². The number of imide groups is 1. The number of nitrogens with one attached hydrogen (secondary N) is 2. The first-order valence-electron chi connectivity index (χ1n) is 9.98. The molecule has 0 saturated carbocycles. The van der Waals surface area contributed by atoms with E-state index in [0.717, 1.165) is 43.9 Å². The van der Waals surface area contributed by atoms with Crippen LogP contribution in [0, 0.1) is 18.7 Å². The molecule has 7 heteroatoms. The molecule has 3 amide bonds. The first kappa shape index (κ1) is 19.5. The van der Waals surface area contributed by atoms with E-state index in [1.165, 1.54) is 6.07 Å². The largest absolute Gasteiger partial charge is 0.323 e. The van der Waals surface area contributed by atoms with E-state index in [1.807, 2.05) is 25.1 Å². The second kappa shape index (κ2) is 7.91. The Kier molecular flexibility index (Phi) is 5.32. The van der Waals surface area contributed by atoms with Crippen molar-refractivity contribution in [1.29, 1.82) is 0 Å². The van der Waals surface area contributed by atoms with E-state index in [-0.39, 0.29) is 24.1 Å². The van der Waals surface area contributed by atoms with Gasteiger partial charge in [-0.3, -0.25) is 20.0 Å². The lowest BCUT2D eigenvalue weighted by atomic mass is 9.74. The molecular weight excluding hydrogens is 371 g/mol. The van der Waals surface area contributed by atoms with Crippen molar-refractivity contribution in [3.05, 3.63) is 65.2 Å². The molecule has 2 fully saturated rings. The smallest absolute Gasteiger partial charge is 0.322 e. The van der Waals surface area contributed by atoms with Crippen molar-refractivity contribution in [2.45, 2.75) is 38.3 Å². The minimum atomic E-state index is -1.10. The summed E-state index contributed by atoms with van der Waals surface area (Å²) < 4.78 is 14.3. The topological polar surface area (TPSA) is 74.3 Å². The van der Waals surface area contributed by atoms with Crippen molar-refractivity contribution >= 4 is 11.9 Å². The lowest BCUT2D eigenvalue weighted by molar-refractivity contribution is -0.126. The summed E-state index contributed by atoms with van der Waals surface area (Å²) in [5, 5.41) is 5.20. The molecule has 0 aliphatic carbocycles. The Morgan fingerprint density at radius 1 is 1.14 bits per heavy atom. The van der Waals surface area contributed by atoms with Gasteiger partial charge in [-0.05, 0) is 62.5 Å².